The van der Waals surface area contributed by atoms with Gasteiger partial charge in [-0.3, -0.25) is 14.3 Å². The van der Waals surface area contributed by atoms with Crippen molar-refractivity contribution in [3.63, 3.8) is 0 Å². The summed E-state index contributed by atoms with van der Waals surface area (Å²) in [6.45, 7) is 2.65. The van der Waals surface area contributed by atoms with E-state index in [0.29, 0.717) is 38.5 Å². The Balaban J connectivity index is 1.44. The SMILES string of the molecule is Cn1nccc1C(=O)N1C[C@H]2COC[C@@H]1CN(C(=O)c1csc3ccccc13)C2. The number of benzene rings is 1. The van der Waals surface area contributed by atoms with Crippen LogP contribution in [0.1, 0.15) is 20.8 Å². The molecule has 2 atom stereocenters. The average Bonchev–Trinajstić information content (AvgIpc) is 3.22. The van der Waals surface area contributed by atoms with Crippen LogP contribution in [0.15, 0.2) is 41.9 Å². The molecule has 0 aliphatic carbocycles. The molecule has 2 aromatic heterocycles. The second-order valence-electron chi connectivity index (χ2n) is 7.71. The number of amides is 2. The quantitative estimate of drug-likeness (QED) is 0.650. The predicted molar refractivity (Wildman–Crippen MR) is 110 cm³/mol. The molecule has 5 rings (SSSR count). The van der Waals surface area contributed by atoms with Crippen LogP contribution in [-0.2, 0) is 11.8 Å². The minimum Gasteiger partial charge on any atom is -0.379 e. The summed E-state index contributed by atoms with van der Waals surface area (Å²) in [4.78, 5) is 30.3. The molecular formula is C21H22N4O3S. The van der Waals surface area contributed by atoms with E-state index in [1.54, 1.807) is 35.3 Å². The molecular weight excluding hydrogens is 388 g/mol. The van der Waals surface area contributed by atoms with Crippen LogP contribution >= 0.6 is 11.3 Å². The predicted octanol–water partition coefficient (Wildman–Crippen LogP) is 2.25. The van der Waals surface area contributed by atoms with E-state index in [1.165, 1.54) is 0 Å². The molecule has 0 radical (unpaired) electrons. The summed E-state index contributed by atoms with van der Waals surface area (Å²) >= 11 is 1.59. The van der Waals surface area contributed by atoms with E-state index in [9.17, 15) is 9.59 Å². The maximum Gasteiger partial charge on any atom is 0.272 e. The fourth-order valence-electron chi connectivity index (χ4n) is 4.30. The van der Waals surface area contributed by atoms with Crippen LogP contribution in [0, 0.1) is 5.92 Å². The van der Waals surface area contributed by atoms with Gasteiger partial charge in [0.05, 0.1) is 24.8 Å². The van der Waals surface area contributed by atoms with Crippen molar-refractivity contribution in [3.05, 3.63) is 53.2 Å². The number of ether oxygens (including phenoxy) is 1. The minimum atomic E-state index is -0.168. The van der Waals surface area contributed by atoms with Crippen molar-refractivity contribution in [2.75, 3.05) is 32.8 Å². The van der Waals surface area contributed by atoms with Crippen molar-refractivity contribution in [3.8, 4) is 0 Å². The van der Waals surface area contributed by atoms with Gasteiger partial charge < -0.3 is 14.5 Å². The van der Waals surface area contributed by atoms with Crippen LogP contribution in [0.3, 0.4) is 0 Å². The van der Waals surface area contributed by atoms with Gasteiger partial charge >= 0.3 is 0 Å². The fourth-order valence-corrected chi connectivity index (χ4v) is 5.24. The van der Waals surface area contributed by atoms with Gasteiger partial charge in [-0.25, -0.2) is 0 Å². The second kappa shape index (κ2) is 7.27. The molecule has 2 saturated heterocycles. The number of hydrogen-bond donors (Lipinski definition) is 0. The van der Waals surface area contributed by atoms with Gasteiger partial charge in [-0.2, -0.15) is 5.10 Å². The lowest BCUT2D eigenvalue weighted by molar-refractivity contribution is 0.0379. The molecule has 2 amide bonds. The number of nitrogens with zero attached hydrogens (tertiary/aromatic N) is 4. The van der Waals surface area contributed by atoms with Crippen molar-refractivity contribution in [2.24, 2.45) is 13.0 Å². The van der Waals surface area contributed by atoms with Gasteiger partial charge in [0, 0.05) is 54.3 Å². The Hall–Kier alpha value is -2.71. The van der Waals surface area contributed by atoms with Gasteiger partial charge in [-0.05, 0) is 12.1 Å². The highest BCUT2D eigenvalue weighted by Crippen LogP contribution is 2.29. The van der Waals surface area contributed by atoms with Crippen LogP contribution < -0.4 is 0 Å². The van der Waals surface area contributed by atoms with E-state index in [1.807, 2.05) is 39.4 Å². The first-order valence-corrected chi connectivity index (χ1v) is 10.6. The molecule has 2 aliphatic rings. The van der Waals surface area contributed by atoms with E-state index in [4.69, 9.17) is 4.74 Å². The average molecular weight is 410 g/mol. The van der Waals surface area contributed by atoms with Gasteiger partial charge in [0.1, 0.15) is 5.69 Å². The Bertz CT molecular complexity index is 1070. The van der Waals surface area contributed by atoms with E-state index >= 15 is 0 Å². The largest absolute Gasteiger partial charge is 0.379 e. The van der Waals surface area contributed by atoms with Gasteiger partial charge in [-0.15, -0.1) is 11.3 Å². The Kier molecular flexibility index (Phi) is 4.60. The van der Waals surface area contributed by atoms with E-state index in [0.717, 1.165) is 15.6 Å². The van der Waals surface area contributed by atoms with Crippen LogP contribution in [-0.4, -0.2) is 70.3 Å². The number of hydrogen-bond acceptors (Lipinski definition) is 5. The van der Waals surface area contributed by atoms with Gasteiger partial charge in [0.25, 0.3) is 11.8 Å². The molecule has 0 spiro atoms. The lowest BCUT2D eigenvalue weighted by atomic mass is 10.1. The molecule has 2 bridgehead atoms. The third-order valence-electron chi connectivity index (χ3n) is 5.77. The molecule has 150 valence electrons. The molecule has 29 heavy (non-hydrogen) atoms. The van der Waals surface area contributed by atoms with E-state index < -0.39 is 0 Å². The molecule has 2 aliphatic heterocycles. The fraction of sp³-hybridized carbons (Fsp3) is 0.381. The maximum atomic E-state index is 13.4. The number of fused-ring (bicyclic) bond motifs is 4. The van der Waals surface area contributed by atoms with Crippen LogP contribution in [0.5, 0.6) is 0 Å². The monoisotopic (exact) mass is 410 g/mol. The summed E-state index contributed by atoms with van der Waals surface area (Å²) in [5.74, 6) is 0.0727. The highest BCUT2D eigenvalue weighted by atomic mass is 32.1. The molecule has 3 aromatic rings. The highest BCUT2D eigenvalue weighted by molar-refractivity contribution is 7.17. The molecule has 4 heterocycles. The van der Waals surface area contributed by atoms with E-state index in [-0.39, 0.29) is 23.8 Å². The van der Waals surface area contributed by atoms with Crippen molar-refractivity contribution in [2.45, 2.75) is 6.04 Å². The van der Waals surface area contributed by atoms with Crippen LogP contribution in [0.4, 0.5) is 0 Å². The van der Waals surface area contributed by atoms with Crippen molar-refractivity contribution >= 4 is 33.2 Å². The number of thiophene rings is 1. The molecule has 8 heteroatoms. The third kappa shape index (κ3) is 3.22. The number of carbonyl (C=O) groups excluding carboxylic acids is 2. The first kappa shape index (κ1) is 18.3. The number of aromatic nitrogens is 2. The summed E-state index contributed by atoms with van der Waals surface area (Å²) in [6, 6.07) is 9.56. The normalized spacial score (nSPS) is 22.0. The highest BCUT2D eigenvalue weighted by Gasteiger charge is 2.38. The summed E-state index contributed by atoms with van der Waals surface area (Å²) < 4.78 is 8.54. The third-order valence-corrected chi connectivity index (χ3v) is 6.73. The summed E-state index contributed by atoms with van der Waals surface area (Å²) in [5.41, 5.74) is 1.30. The summed E-state index contributed by atoms with van der Waals surface area (Å²) in [7, 11) is 1.77. The minimum absolute atomic E-state index is 0.0363. The zero-order valence-corrected chi connectivity index (χ0v) is 17.0. The molecule has 0 unspecified atom stereocenters. The van der Waals surface area contributed by atoms with E-state index in [2.05, 4.69) is 5.10 Å². The van der Waals surface area contributed by atoms with Gasteiger partial charge in [0.2, 0.25) is 0 Å². The standard InChI is InChI=1S/C21H22N4O3S/c1-23-18(6-7-22-23)21(27)25-9-14-8-24(10-15(25)12-28-11-14)20(26)17-13-29-19-5-3-2-4-16(17)19/h2-7,13-15H,8-12H2,1H3/t14-,15-/m0/s1. The molecule has 1 aromatic carbocycles. The van der Waals surface area contributed by atoms with Crippen molar-refractivity contribution in [1.82, 2.24) is 19.6 Å². The Morgan fingerprint density at radius 3 is 2.79 bits per heavy atom. The maximum absolute atomic E-state index is 13.4. The molecule has 0 N–H and O–H groups in total. The Morgan fingerprint density at radius 1 is 1.10 bits per heavy atom. The van der Waals surface area contributed by atoms with Crippen LogP contribution in [0.25, 0.3) is 10.1 Å². The zero-order valence-electron chi connectivity index (χ0n) is 16.2. The zero-order chi connectivity index (χ0) is 20.0. The number of rotatable bonds is 2. The molecule has 7 nitrogen and oxygen atoms in total. The first-order valence-electron chi connectivity index (χ1n) is 9.74. The summed E-state index contributed by atoms with van der Waals surface area (Å²) in [5, 5.41) is 7.07. The van der Waals surface area contributed by atoms with Crippen molar-refractivity contribution < 1.29 is 14.3 Å². The smallest absolute Gasteiger partial charge is 0.272 e. The second-order valence-corrected chi connectivity index (χ2v) is 8.62. The van der Waals surface area contributed by atoms with Crippen molar-refractivity contribution in [1.29, 1.82) is 0 Å². The van der Waals surface area contributed by atoms with Gasteiger partial charge in [0.15, 0.2) is 0 Å². The summed E-state index contributed by atoms with van der Waals surface area (Å²) in [6.07, 6.45) is 1.63. The van der Waals surface area contributed by atoms with Gasteiger partial charge in [-0.1, -0.05) is 18.2 Å². The Labute approximate surface area is 172 Å². The number of carbonyl (C=O) groups is 2. The lowest BCUT2D eigenvalue weighted by Gasteiger charge is -2.31. The van der Waals surface area contributed by atoms with Crippen LogP contribution in [0.2, 0.25) is 0 Å². The molecule has 0 saturated carbocycles. The topological polar surface area (TPSA) is 67.7 Å². The number of aryl methyl sites for hydroxylation is 1. The first-order chi connectivity index (χ1) is 14.1. The molecule has 2 fully saturated rings. The lowest BCUT2D eigenvalue weighted by Crippen LogP contribution is -2.48. The Morgan fingerprint density at radius 2 is 1.97 bits per heavy atom.